The van der Waals surface area contributed by atoms with Gasteiger partial charge in [0.1, 0.15) is 11.6 Å². The molecule has 0 amide bonds. The van der Waals surface area contributed by atoms with Crippen molar-refractivity contribution in [3.05, 3.63) is 71.1 Å². The van der Waals surface area contributed by atoms with Crippen LogP contribution < -0.4 is 10.2 Å². The van der Waals surface area contributed by atoms with E-state index < -0.39 is 5.82 Å². The normalized spacial score (nSPS) is 17.7. The summed E-state index contributed by atoms with van der Waals surface area (Å²) in [4.78, 5) is 23.5. The van der Waals surface area contributed by atoms with Crippen molar-refractivity contribution in [3.8, 4) is 11.1 Å². The Labute approximate surface area is 221 Å². The van der Waals surface area contributed by atoms with Crippen LogP contribution in [0.3, 0.4) is 0 Å². The third kappa shape index (κ3) is 6.64. The molecule has 2 heterocycles. The van der Waals surface area contributed by atoms with E-state index in [2.05, 4.69) is 22.1 Å². The number of esters is 1. The maximum absolute atomic E-state index is 13.6. The van der Waals surface area contributed by atoms with Crippen LogP contribution in [0.1, 0.15) is 32.8 Å². The number of carbonyl (C=O) groups is 1. The lowest BCUT2D eigenvalue weighted by molar-refractivity contribution is -0.137. The van der Waals surface area contributed by atoms with Crippen molar-refractivity contribution in [2.24, 2.45) is 0 Å². The highest BCUT2D eigenvalue weighted by atomic mass is 35.5. The molecule has 0 saturated carbocycles. The number of morpholine rings is 1. The van der Waals surface area contributed by atoms with Gasteiger partial charge in [-0.15, -0.1) is 0 Å². The summed E-state index contributed by atoms with van der Waals surface area (Å²) in [7, 11) is 0. The van der Waals surface area contributed by atoms with Crippen LogP contribution in [-0.2, 0) is 14.3 Å². The fourth-order valence-corrected chi connectivity index (χ4v) is 4.35. The van der Waals surface area contributed by atoms with Crippen molar-refractivity contribution in [2.75, 3.05) is 30.0 Å². The maximum atomic E-state index is 13.6. The number of rotatable bonds is 8. The number of halogens is 2. The van der Waals surface area contributed by atoms with Crippen LogP contribution in [0.5, 0.6) is 0 Å². The molecule has 0 radical (unpaired) electrons. The predicted octanol–water partition coefficient (Wildman–Crippen LogP) is 6.26. The number of aromatic nitrogens is 2. The molecule has 0 bridgehead atoms. The van der Waals surface area contributed by atoms with Crippen molar-refractivity contribution in [1.29, 1.82) is 0 Å². The summed E-state index contributed by atoms with van der Waals surface area (Å²) in [5.41, 5.74) is 3.19. The number of nitrogens with one attached hydrogen (secondary N) is 1. The Morgan fingerprint density at radius 1 is 1.30 bits per heavy atom. The molecule has 1 saturated heterocycles. The predicted molar refractivity (Wildman–Crippen MR) is 145 cm³/mol. The highest BCUT2D eigenvalue weighted by Crippen LogP contribution is 2.34. The number of hydrogen-bond donors (Lipinski definition) is 1. The van der Waals surface area contributed by atoms with Crippen LogP contribution in [0.4, 0.5) is 21.8 Å². The Hall–Kier alpha value is -3.49. The number of nitrogens with zero attached hydrogens (tertiary/aromatic N) is 3. The number of hydrogen-bond acceptors (Lipinski definition) is 7. The van der Waals surface area contributed by atoms with E-state index in [0.29, 0.717) is 31.4 Å². The van der Waals surface area contributed by atoms with E-state index in [9.17, 15) is 9.18 Å². The SMILES string of the molecule is CCOC(=O)C=Cc1cccc(-c2cnc(Nc3ccc(F)c(Cl)c3)nc2N2CC(C)OCC2CC)c1. The second-order valence-electron chi connectivity index (χ2n) is 8.75. The van der Waals surface area contributed by atoms with E-state index in [-0.39, 0.29) is 23.1 Å². The molecule has 1 aliphatic heterocycles. The molecule has 1 fully saturated rings. The molecule has 1 aromatic heterocycles. The van der Waals surface area contributed by atoms with Gasteiger partial charge in [0.25, 0.3) is 0 Å². The standard InChI is InChI=1S/C28H30ClFN4O3/c1-4-22-17-37-18(3)16-34(22)27-23(20-8-6-7-19(13-20)9-12-26(35)36-5-2)15-31-28(33-27)32-21-10-11-25(30)24(29)14-21/h6-15,18,22H,4-5,16-17H2,1-3H3,(H,31,32,33). The lowest BCUT2D eigenvalue weighted by atomic mass is 10.0. The van der Waals surface area contributed by atoms with E-state index >= 15 is 0 Å². The van der Waals surface area contributed by atoms with E-state index in [1.807, 2.05) is 31.2 Å². The molecule has 4 rings (SSSR count). The molecule has 1 N–H and O–H groups in total. The van der Waals surface area contributed by atoms with Gasteiger partial charge in [-0.25, -0.2) is 14.2 Å². The second-order valence-corrected chi connectivity index (χ2v) is 9.16. The lowest BCUT2D eigenvalue weighted by Gasteiger charge is -2.40. The number of ether oxygens (including phenoxy) is 2. The van der Waals surface area contributed by atoms with Crippen LogP contribution in [0, 0.1) is 5.82 Å². The van der Waals surface area contributed by atoms with E-state index in [4.69, 9.17) is 26.1 Å². The molecule has 9 heteroatoms. The summed E-state index contributed by atoms with van der Waals surface area (Å²) in [5, 5.41) is 3.15. The van der Waals surface area contributed by atoms with Gasteiger partial charge in [-0.05, 0) is 61.7 Å². The van der Waals surface area contributed by atoms with Crippen molar-refractivity contribution in [2.45, 2.75) is 39.3 Å². The van der Waals surface area contributed by atoms with Crippen molar-refractivity contribution in [1.82, 2.24) is 9.97 Å². The maximum Gasteiger partial charge on any atom is 0.330 e. The minimum atomic E-state index is -0.492. The van der Waals surface area contributed by atoms with Gasteiger partial charge in [0.15, 0.2) is 0 Å². The zero-order valence-corrected chi connectivity index (χ0v) is 21.8. The first-order chi connectivity index (χ1) is 17.9. The first kappa shape index (κ1) is 26.6. The smallest absolute Gasteiger partial charge is 0.330 e. The number of anilines is 3. The summed E-state index contributed by atoms with van der Waals surface area (Å²) in [6.07, 6.45) is 5.84. The Kier molecular flexibility index (Phi) is 8.74. The van der Waals surface area contributed by atoms with Crippen LogP contribution in [0.25, 0.3) is 17.2 Å². The first-order valence-corrected chi connectivity index (χ1v) is 12.7. The van der Waals surface area contributed by atoms with E-state index in [1.54, 1.807) is 25.3 Å². The fraction of sp³-hybridized carbons (Fsp3) is 0.321. The van der Waals surface area contributed by atoms with Gasteiger partial charge in [0, 0.05) is 30.1 Å². The summed E-state index contributed by atoms with van der Waals surface area (Å²) in [6, 6.07) is 12.3. The monoisotopic (exact) mass is 524 g/mol. The van der Waals surface area contributed by atoms with Crippen molar-refractivity contribution in [3.63, 3.8) is 0 Å². The Morgan fingerprint density at radius 3 is 2.89 bits per heavy atom. The molecule has 7 nitrogen and oxygen atoms in total. The molecule has 0 spiro atoms. The Morgan fingerprint density at radius 2 is 2.14 bits per heavy atom. The van der Waals surface area contributed by atoms with Gasteiger partial charge >= 0.3 is 5.97 Å². The molecule has 2 atom stereocenters. The molecule has 1 aliphatic rings. The Bertz CT molecular complexity index is 1290. The van der Waals surface area contributed by atoms with Crippen molar-refractivity contribution < 1.29 is 18.7 Å². The zero-order valence-electron chi connectivity index (χ0n) is 21.1. The highest BCUT2D eigenvalue weighted by molar-refractivity contribution is 6.31. The fourth-order valence-electron chi connectivity index (χ4n) is 4.16. The van der Waals surface area contributed by atoms with Crippen molar-refractivity contribution >= 4 is 41.1 Å². The van der Waals surface area contributed by atoms with Gasteiger partial charge in [-0.3, -0.25) is 0 Å². The topological polar surface area (TPSA) is 76.6 Å². The highest BCUT2D eigenvalue weighted by Gasteiger charge is 2.29. The summed E-state index contributed by atoms with van der Waals surface area (Å²) >= 11 is 5.96. The average molecular weight is 525 g/mol. The molecule has 194 valence electrons. The minimum absolute atomic E-state index is 0.0163. The molecule has 2 unspecified atom stereocenters. The third-order valence-electron chi connectivity index (χ3n) is 6.05. The molecule has 3 aromatic rings. The van der Waals surface area contributed by atoms with Gasteiger partial charge in [0.05, 0.1) is 30.4 Å². The largest absolute Gasteiger partial charge is 0.463 e. The minimum Gasteiger partial charge on any atom is -0.463 e. The average Bonchev–Trinajstić information content (AvgIpc) is 2.90. The van der Waals surface area contributed by atoms with Gasteiger partial charge < -0.3 is 19.7 Å². The molecule has 0 aliphatic carbocycles. The van der Waals surface area contributed by atoms with Gasteiger partial charge in [-0.2, -0.15) is 4.98 Å². The first-order valence-electron chi connectivity index (χ1n) is 12.3. The van der Waals surface area contributed by atoms with Crippen LogP contribution in [0.15, 0.2) is 54.7 Å². The number of benzene rings is 2. The van der Waals surface area contributed by atoms with Crippen LogP contribution >= 0.6 is 11.6 Å². The quantitative estimate of drug-likeness (QED) is 0.275. The van der Waals surface area contributed by atoms with E-state index in [1.165, 1.54) is 18.2 Å². The zero-order chi connectivity index (χ0) is 26.4. The second kappa shape index (κ2) is 12.2. The molecular formula is C28H30ClFN4O3. The van der Waals surface area contributed by atoms with Gasteiger partial charge in [-0.1, -0.05) is 36.7 Å². The molecular weight excluding hydrogens is 495 g/mol. The summed E-state index contributed by atoms with van der Waals surface area (Å²) < 4.78 is 24.5. The van der Waals surface area contributed by atoms with Crippen LogP contribution in [0.2, 0.25) is 5.02 Å². The number of carbonyl (C=O) groups excluding carboxylic acids is 1. The molecule has 37 heavy (non-hydrogen) atoms. The summed E-state index contributed by atoms with van der Waals surface area (Å²) in [6.45, 7) is 7.53. The summed E-state index contributed by atoms with van der Waals surface area (Å²) in [5.74, 6) is 0.253. The van der Waals surface area contributed by atoms with E-state index in [0.717, 1.165) is 28.9 Å². The van der Waals surface area contributed by atoms with Gasteiger partial charge in [0.2, 0.25) is 5.95 Å². The molecule has 2 aromatic carbocycles. The lowest BCUT2D eigenvalue weighted by Crippen LogP contribution is -2.49. The third-order valence-corrected chi connectivity index (χ3v) is 6.34. The Balaban J connectivity index is 1.74. The van der Waals surface area contributed by atoms with Crippen LogP contribution in [-0.4, -0.2) is 47.8 Å².